The summed E-state index contributed by atoms with van der Waals surface area (Å²) in [4.78, 5) is 0. The van der Waals surface area contributed by atoms with Crippen LogP contribution in [0.1, 0.15) is 0 Å². The average molecular weight is 540 g/mol. The van der Waals surface area contributed by atoms with Crippen LogP contribution in [0.5, 0.6) is 0 Å². The largest absolute Gasteiger partial charge is 0.416 e. The summed E-state index contributed by atoms with van der Waals surface area (Å²) in [6.45, 7) is 0. The fourth-order valence-electron chi connectivity index (χ4n) is 5.71. The molecule has 8 aromatic rings. The maximum Gasteiger partial charge on any atom is 0.248 e. The van der Waals surface area contributed by atoms with E-state index in [4.69, 9.17) is 4.42 Å². The van der Waals surface area contributed by atoms with Crippen LogP contribution in [-0.4, -0.2) is 14.8 Å². The molecule has 0 aliphatic rings. The highest BCUT2D eigenvalue weighted by Crippen LogP contribution is 2.35. The molecule has 0 aliphatic carbocycles. The molecule has 0 unspecified atom stereocenters. The molecule has 0 fully saturated rings. The van der Waals surface area contributed by atoms with Gasteiger partial charge in [0, 0.05) is 27.6 Å². The zero-order chi connectivity index (χ0) is 27.9. The van der Waals surface area contributed by atoms with Crippen LogP contribution in [0.4, 0.5) is 0 Å². The molecule has 6 aromatic carbocycles. The van der Waals surface area contributed by atoms with Crippen LogP contribution in [0.15, 0.2) is 156 Å². The van der Waals surface area contributed by atoms with Gasteiger partial charge in [0.2, 0.25) is 11.8 Å². The van der Waals surface area contributed by atoms with E-state index in [0.29, 0.717) is 11.8 Å². The first-order valence-corrected chi connectivity index (χ1v) is 14.0. The number of aromatic nitrogens is 3. The third kappa shape index (κ3) is 4.18. The standard InChI is InChI=1S/C38H25N3O/c1-3-9-26(10-4-1)28-15-17-29(18-16-28)37-39-40-38(42-37)30-19-22-32(23-20-30)41-35-14-8-7-13-33(35)34-25-31(21-24-36(34)41)27-11-5-2-6-12-27/h1-25H. The van der Waals surface area contributed by atoms with Gasteiger partial charge in [-0.25, -0.2) is 0 Å². The van der Waals surface area contributed by atoms with E-state index in [0.717, 1.165) is 22.4 Å². The molecule has 8 rings (SSSR count). The molecule has 0 amide bonds. The lowest BCUT2D eigenvalue weighted by molar-refractivity contribution is 0.584. The second-order valence-electron chi connectivity index (χ2n) is 10.4. The summed E-state index contributed by atoms with van der Waals surface area (Å²) >= 11 is 0. The zero-order valence-corrected chi connectivity index (χ0v) is 22.7. The Balaban J connectivity index is 1.12. The summed E-state index contributed by atoms with van der Waals surface area (Å²) in [6, 6.07) is 52.7. The Labute approximate surface area is 243 Å². The van der Waals surface area contributed by atoms with Gasteiger partial charge in [-0.1, -0.05) is 97.1 Å². The van der Waals surface area contributed by atoms with Gasteiger partial charge in [-0.3, -0.25) is 0 Å². The van der Waals surface area contributed by atoms with Gasteiger partial charge in [-0.05, 0) is 76.9 Å². The van der Waals surface area contributed by atoms with Crippen LogP contribution in [0.3, 0.4) is 0 Å². The third-order valence-electron chi connectivity index (χ3n) is 7.82. The van der Waals surface area contributed by atoms with Gasteiger partial charge in [0.15, 0.2) is 0 Å². The second-order valence-corrected chi connectivity index (χ2v) is 10.4. The van der Waals surface area contributed by atoms with E-state index in [1.807, 2.05) is 42.5 Å². The van der Waals surface area contributed by atoms with Crippen molar-refractivity contribution in [1.82, 2.24) is 14.8 Å². The Bertz CT molecular complexity index is 2160. The molecule has 0 bridgehead atoms. The van der Waals surface area contributed by atoms with E-state index in [1.54, 1.807) is 0 Å². The maximum atomic E-state index is 6.10. The average Bonchev–Trinajstić information content (AvgIpc) is 3.69. The van der Waals surface area contributed by atoms with Crippen molar-refractivity contribution < 1.29 is 4.42 Å². The van der Waals surface area contributed by atoms with Gasteiger partial charge >= 0.3 is 0 Å². The molecule has 0 spiro atoms. The van der Waals surface area contributed by atoms with E-state index in [2.05, 4.69) is 124 Å². The summed E-state index contributed by atoms with van der Waals surface area (Å²) < 4.78 is 8.41. The summed E-state index contributed by atoms with van der Waals surface area (Å²) in [6.07, 6.45) is 0. The highest BCUT2D eigenvalue weighted by molar-refractivity contribution is 6.10. The van der Waals surface area contributed by atoms with Crippen molar-refractivity contribution in [2.75, 3.05) is 0 Å². The second kappa shape index (κ2) is 10.0. The minimum atomic E-state index is 0.499. The van der Waals surface area contributed by atoms with Crippen molar-refractivity contribution in [3.05, 3.63) is 152 Å². The summed E-state index contributed by atoms with van der Waals surface area (Å²) in [7, 11) is 0. The Morgan fingerprint density at radius 1 is 0.381 bits per heavy atom. The van der Waals surface area contributed by atoms with Crippen LogP contribution in [-0.2, 0) is 0 Å². The van der Waals surface area contributed by atoms with Crippen LogP contribution >= 0.6 is 0 Å². The first kappa shape index (κ1) is 24.1. The molecule has 4 nitrogen and oxygen atoms in total. The highest BCUT2D eigenvalue weighted by Gasteiger charge is 2.15. The van der Waals surface area contributed by atoms with Crippen molar-refractivity contribution >= 4 is 21.8 Å². The molecule has 198 valence electrons. The van der Waals surface area contributed by atoms with Gasteiger partial charge in [-0.15, -0.1) is 10.2 Å². The smallest absolute Gasteiger partial charge is 0.248 e. The molecule has 0 atom stereocenters. The summed E-state index contributed by atoms with van der Waals surface area (Å²) in [5.41, 5.74) is 9.94. The first-order chi connectivity index (χ1) is 20.8. The Morgan fingerprint density at radius 2 is 0.857 bits per heavy atom. The van der Waals surface area contributed by atoms with Crippen molar-refractivity contribution in [3.63, 3.8) is 0 Å². The fourth-order valence-corrected chi connectivity index (χ4v) is 5.71. The molecule has 4 heteroatoms. The monoisotopic (exact) mass is 539 g/mol. The lowest BCUT2D eigenvalue weighted by atomic mass is 10.0. The SMILES string of the molecule is c1ccc(-c2ccc(-c3nnc(-c4ccc(-n5c6ccccc6c6cc(-c7ccccc7)ccc65)cc4)o3)cc2)cc1. The van der Waals surface area contributed by atoms with Crippen molar-refractivity contribution in [2.24, 2.45) is 0 Å². The highest BCUT2D eigenvalue weighted by atomic mass is 16.4. The molecular formula is C38H25N3O. The molecule has 0 N–H and O–H groups in total. The molecule has 0 saturated carbocycles. The van der Waals surface area contributed by atoms with Gasteiger partial charge in [0.25, 0.3) is 0 Å². The maximum absolute atomic E-state index is 6.10. The fraction of sp³-hybridized carbons (Fsp3) is 0. The van der Waals surface area contributed by atoms with Gasteiger partial charge in [0.05, 0.1) is 11.0 Å². The molecule has 42 heavy (non-hydrogen) atoms. The number of hydrogen-bond donors (Lipinski definition) is 0. The Kier molecular flexibility index (Phi) is 5.75. The van der Waals surface area contributed by atoms with Crippen LogP contribution < -0.4 is 0 Å². The van der Waals surface area contributed by atoms with Crippen molar-refractivity contribution in [1.29, 1.82) is 0 Å². The van der Waals surface area contributed by atoms with Crippen LogP contribution in [0, 0.1) is 0 Å². The zero-order valence-electron chi connectivity index (χ0n) is 22.7. The minimum absolute atomic E-state index is 0.499. The molecular weight excluding hydrogens is 514 g/mol. The van der Waals surface area contributed by atoms with E-state index in [9.17, 15) is 0 Å². The molecule has 2 heterocycles. The van der Waals surface area contributed by atoms with Crippen molar-refractivity contribution in [2.45, 2.75) is 0 Å². The van der Waals surface area contributed by atoms with Gasteiger partial charge in [0.1, 0.15) is 0 Å². The first-order valence-electron chi connectivity index (χ1n) is 14.0. The summed E-state index contributed by atoms with van der Waals surface area (Å²) in [5.74, 6) is 1.00. The summed E-state index contributed by atoms with van der Waals surface area (Å²) in [5, 5.41) is 11.1. The predicted octanol–water partition coefficient (Wildman–Crippen LogP) is 9.83. The number of fused-ring (bicyclic) bond motifs is 3. The van der Waals surface area contributed by atoms with E-state index < -0.39 is 0 Å². The predicted molar refractivity (Wildman–Crippen MR) is 170 cm³/mol. The lowest BCUT2D eigenvalue weighted by Gasteiger charge is -2.09. The Morgan fingerprint density at radius 3 is 1.52 bits per heavy atom. The van der Waals surface area contributed by atoms with E-state index in [-0.39, 0.29) is 0 Å². The number of hydrogen-bond acceptors (Lipinski definition) is 3. The number of nitrogens with zero attached hydrogens (tertiary/aromatic N) is 3. The molecule has 0 aliphatic heterocycles. The van der Waals surface area contributed by atoms with Crippen LogP contribution in [0.2, 0.25) is 0 Å². The van der Waals surface area contributed by atoms with Crippen molar-refractivity contribution in [3.8, 4) is 50.8 Å². The minimum Gasteiger partial charge on any atom is -0.416 e. The number of para-hydroxylation sites is 1. The molecule has 2 aromatic heterocycles. The number of rotatable bonds is 5. The lowest BCUT2D eigenvalue weighted by Crippen LogP contribution is -1.93. The van der Waals surface area contributed by atoms with E-state index >= 15 is 0 Å². The third-order valence-corrected chi connectivity index (χ3v) is 7.82. The van der Waals surface area contributed by atoms with Crippen LogP contribution in [0.25, 0.3) is 72.7 Å². The van der Waals surface area contributed by atoms with E-state index in [1.165, 1.54) is 38.5 Å². The molecule has 0 radical (unpaired) electrons. The van der Waals surface area contributed by atoms with Gasteiger partial charge < -0.3 is 8.98 Å². The number of benzene rings is 6. The Hall–Kier alpha value is -5.74. The molecule has 0 saturated heterocycles. The normalized spacial score (nSPS) is 11.3. The quantitative estimate of drug-likeness (QED) is 0.219. The topological polar surface area (TPSA) is 43.9 Å². The van der Waals surface area contributed by atoms with Gasteiger partial charge in [-0.2, -0.15) is 0 Å².